The monoisotopic (exact) mass is 408 g/mol. The maximum atomic E-state index is 13.3. The first-order valence-electron chi connectivity index (χ1n) is 9.72. The number of nitro groups is 1. The highest BCUT2D eigenvalue weighted by Crippen LogP contribution is 2.35. The van der Waals surface area contributed by atoms with Gasteiger partial charge in [-0.3, -0.25) is 14.9 Å². The van der Waals surface area contributed by atoms with Crippen LogP contribution in [0.25, 0.3) is 11.5 Å². The quantitative estimate of drug-likeness (QED) is 0.509. The number of carbonyl (C=O) groups is 1. The maximum absolute atomic E-state index is 13.3. The molecule has 0 bridgehead atoms. The number of carbonyl (C=O) groups excluding carboxylic acids is 1. The molecule has 9 heteroatoms. The van der Waals surface area contributed by atoms with Crippen molar-refractivity contribution >= 4 is 11.6 Å². The predicted molar refractivity (Wildman–Crippen MR) is 107 cm³/mol. The second-order valence-electron chi connectivity index (χ2n) is 7.12. The first-order valence-corrected chi connectivity index (χ1v) is 9.72. The van der Waals surface area contributed by atoms with Gasteiger partial charge < -0.3 is 14.5 Å². The summed E-state index contributed by atoms with van der Waals surface area (Å²) in [6.07, 6.45) is 3.23. The van der Waals surface area contributed by atoms with Crippen molar-refractivity contribution in [3.8, 4) is 17.2 Å². The van der Waals surface area contributed by atoms with Crippen LogP contribution in [0.4, 0.5) is 5.69 Å². The summed E-state index contributed by atoms with van der Waals surface area (Å²) in [6.45, 7) is 0.431. The van der Waals surface area contributed by atoms with Gasteiger partial charge in [0.2, 0.25) is 5.75 Å². The summed E-state index contributed by atoms with van der Waals surface area (Å²) in [5.41, 5.74) is 0.167. The Hall–Kier alpha value is -3.75. The number of phenolic OH excluding ortho intramolecular Hbond substituents is 1. The minimum absolute atomic E-state index is 0.108. The third kappa shape index (κ3) is 3.73. The summed E-state index contributed by atoms with van der Waals surface area (Å²) in [4.78, 5) is 29.8. The Morgan fingerprint density at radius 2 is 1.93 bits per heavy atom. The third-order valence-corrected chi connectivity index (χ3v) is 5.22. The van der Waals surface area contributed by atoms with Crippen molar-refractivity contribution in [2.24, 2.45) is 0 Å². The van der Waals surface area contributed by atoms with Crippen LogP contribution >= 0.6 is 0 Å². The van der Waals surface area contributed by atoms with Crippen LogP contribution in [0.1, 0.15) is 47.9 Å². The number of benzene rings is 2. The normalized spacial score (nSPS) is 16.8. The van der Waals surface area contributed by atoms with Gasteiger partial charge in [0.15, 0.2) is 5.82 Å². The molecule has 3 aromatic rings. The molecule has 0 spiro atoms. The lowest BCUT2D eigenvalue weighted by Gasteiger charge is -2.28. The summed E-state index contributed by atoms with van der Waals surface area (Å²) < 4.78 is 5.42. The Labute approximate surface area is 172 Å². The molecule has 1 atom stereocenters. The van der Waals surface area contributed by atoms with Crippen molar-refractivity contribution < 1.29 is 19.3 Å². The first kappa shape index (κ1) is 19.6. The number of hydrogen-bond acceptors (Lipinski definition) is 7. The van der Waals surface area contributed by atoms with E-state index < -0.39 is 28.3 Å². The van der Waals surface area contributed by atoms with Crippen molar-refractivity contribution in [1.82, 2.24) is 15.0 Å². The number of nitrogens with zero attached hydrogens (tertiary/aromatic N) is 4. The van der Waals surface area contributed by atoms with Crippen LogP contribution in [0, 0.1) is 10.1 Å². The molecule has 2 aromatic carbocycles. The second-order valence-corrected chi connectivity index (χ2v) is 7.12. The molecule has 1 saturated heterocycles. The molecule has 0 radical (unpaired) electrons. The number of aromatic hydroxyl groups is 1. The third-order valence-electron chi connectivity index (χ3n) is 5.22. The van der Waals surface area contributed by atoms with Crippen LogP contribution in [0.2, 0.25) is 0 Å². The van der Waals surface area contributed by atoms with Gasteiger partial charge in [-0.2, -0.15) is 4.98 Å². The fourth-order valence-electron chi connectivity index (χ4n) is 3.69. The minimum atomic E-state index is -0.711. The van der Waals surface area contributed by atoms with Crippen LogP contribution in [-0.4, -0.2) is 37.5 Å². The fourth-order valence-corrected chi connectivity index (χ4v) is 3.69. The number of para-hydroxylation sites is 1. The Morgan fingerprint density at radius 3 is 2.70 bits per heavy atom. The van der Waals surface area contributed by atoms with Crippen LogP contribution in [-0.2, 0) is 0 Å². The maximum Gasteiger partial charge on any atom is 0.311 e. The van der Waals surface area contributed by atoms with Crippen molar-refractivity contribution in [3.63, 3.8) is 0 Å². The van der Waals surface area contributed by atoms with E-state index in [1.807, 2.05) is 30.3 Å². The number of hydrogen-bond donors (Lipinski definition) is 1. The van der Waals surface area contributed by atoms with Gasteiger partial charge in [0, 0.05) is 18.2 Å². The number of amides is 1. The fraction of sp³-hybridized carbons (Fsp3) is 0.286. The zero-order valence-corrected chi connectivity index (χ0v) is 16.1. The topological polar surface area (TPSA) is 123 Å². The molecule has 154 valence electrons. The molecule has 1 N–H and O–H groups in total. The predicted octanol–water partition coefficient (Wildman–Crippen LogP) is 4.11. The van der Waals surface area contributed by atoms with Gasteiger partial charge >= 0.3 is 5.69 Å². The van der Waals surface area contributed by atoms with Gasteiger partial charge in [-0.05, 0) is 31.0 Å². The largest absolute Gasteiger partial charge is 0.502 e. The highest BCUT2D eigenvalue weighted by molar-refractivity contribution is 5.98. The highest BCUT2D eigenvalue weighted by Gasteiger charge is 2.33. The molecule has 9 nitrogen and oxygen atoms in total. The molecule has 1 amide bonds. The summed E-state index contributed by atoms with van der Waals surface area (Å²) in [6, 6.07) is 12.8. The lowest BCUT2D eigenvalue weighted by Crippen LogP contribution is -2.35. The van der Waals surface area contributed by atoms with Crippen LogP contribution in [0.3, 0.4) is 0 Å². The van der Waals surface area contributed by atoms with Gasteiger partial charge in [-0.25, -0.2) is 0 Å². The molecular weight excluding hydrogens is 388 g/mol. The Balaban J connectivity index is 1.68. The molecule has 0 aliphatic carbocycles. The number of nitro benzene ring substituents is 1. The van der Waals surface area contributed by atoms with E-state index in [1.54, 1.807) is 4.90 Å². The summed E-state index contributed by atoms with van der Waals surface area (Å²) in [5, 5.41) is 25.5. The number of phenols is 1. The van der Waals surface area contributed by atoms with Crippen molar-refractivity contribution in [1.29, 1.82) is 0 Å². The standard InChI is InChI=1S/C21H20N4O5/c26-18-15(10-7-12-16(18)25(28)29)21(27)24-13-6-2-5-11-17(24)19-22-20(30-23-19)14-8-3-1-4-9-14/h1,3-4,7-10,12,17,26H,2,5-6,11,13H2/t17-/m0/s1. The molecule has 1 aliphatic heterocycles. The molecule has 1 aliphatic rings. The van der Waals surface area contributed by atoms with Crippen LogP contribution in [0.15, 0.2) is 53.1 Å². The van der Waals surface area contributed by atoms with Crippen LogP contribution < -0.4 is 0 Å². The Bertz CT molecular complexity index is 1070. The van der Waals surface area contributed by atoms with Gasteiger partial charge in [0.25, 0.3) is 11.8 Å². The van der Waals surface area contributed by atoms with E-state index in [2.05, 4.69) is 10.1 Å². The van der Waals surface area contributed by atoms with Gasteiger partial charge in [0.1, 0.15) is 0 Å². The highest BCUT2D eigenvalue weighted by atomic mass is 16.6. The van der Waals surface area contributed by atoms with Gasteiger partial charge in [-0.1, -0.05) is 42.3 Å². The van der Waals surface area contributed by atoms with E-state index in [0.29, 0.717) is 24.7 Å². The molecule has 1 fully saturated rings. The molecule has 4 rings (SSSR count). The lowest BCUT2D eigenvalue weighted by molar-refractivity contribution is -0.385. The Morgan fingerprint density at radius 1 is 1.13 bits per heavy atom. The van der Waals surface area contributed by atoms with Gasteiger partial charge in [-0.15, -0.1) is 0 Å². The number of aromatic nitrogens is 2. The van der Waals surface area contributed by atoms with E-state index in [1.165, 1.54) is 12.1 Å². The van der Waals surface area contributed by atoms with E-state index in [-0.39, 0.29) is 5.56 Å². The van der Waals surface area contributed by atoms with E-state index in [4.69, 9.17) is 4.52 Å². The van der Waals surface area contributed by atoms with E-state index >= 15 is 0 Å². The van der Waals surface area contributed by atoms with E-state index in [9.17, 15) is 20.0 Å². The average molecular weight is 408 g/mol. The summed E-state index contributed by atoms with van der Waals surface area (Å²) in [5.74, 6) is -0.378. The zero-order valence-electron chi connectivity index (χ0n) is 16.1. The number of likely N-dealkylation sites (tertiary alicyclic amines) is 1. The molecular formula is C21H20N4O5. The first-order chi connectivity index (χ1) is 14.6. The summed E-state index contributed by atoms with van der Waals surface area (Å²) in [7, 11) is 0. The molecule has 30 heavy (non-hydrogen) atoms. The molecule has 0 unspecified atom stereocenters. The molecule has 2 heterocycles. The number of rotatable bonds is 4. The van der Waals surface area contributed by atoms with Crippen LogP contribution in [0.5, 0.6) is 5.75 Å². The molecule has 0 saturated carbocycles. The van der Waals surface area contributed by atoms with Gasteiger partial charge in [0.05, 0.1) is 16.5 Å². The van der Waals surface area contributed by atoms with E-state index in [0.717, 1.165) is 30.9 Å². The minimum Gasteiger partial charge on any atom is -0.502 e. The Kier molecular flexibility index (Phi) is 5.42. The second kappa shape index (κ2) is 8.32. The lowest BCUT2D eigenvalue weighted by atomic mass is 10.1. The molecule has 1 aromatic heterocycles. The zero-order chi connectivity index (χ0) is 21.1. The SMILES string of the molecule is O=C(c1cccc([N+](=O)[O-])c1O)N1CCCCC[C@H]1c1noc(-c2ccccc2)n1. The smallest absolute Gasteiger partial charge is 0.311 e. The summed E-state index contributed by atoms with van der Waals surface area (Å²) >= 11 is 0. The van der Waals surface area contributed by atoms with Crippen molar-refractivity contribution in [2.45, 2.75) is 31.7 Å². The average Bonchev–Trinajstić information content (AvgIpc) is 3.12. The van der Waals surface area contributed by atoms with Crippen molar-refractivity contribution in [2.75, 3.05) is 6.54 Å². The van der Waals surface area contributed by atoms with Crippen molar-refractivity contribution in [3.05, 3.63) is 70.0 Å².